The number of hydrogen-bond donors (Lipinski definition) is 2. The molecule has 0 aliphatic carbocycles. The number of aromatic amines is 1. The van der Waals surface area contributed by atoms with Gasteiger partial charge in [-0.25, -0.2) is 4.98 Å². The Morgan fingerprint density at radius 3 is 2.70 bits per heavy atom. The summed E-state index contributed by atoms with van der Waals surface area (Å²) in [5.74, 6) is -1.03. The van der Waals surface area contributed by atoms with E-state index in [4.69, 9.17) is 0 Å². The maximum absolute atomic E-state index is 14.0. The summed E-state index contributed by atoms with van der Waals surface area (Å²) in [5.41, 5.74) is 0.298. The summed E-state index contributed by atoms with van der Waals surface area (Å²) in [6.45, 7) is 0. The zero-order valence-electron chi connectivity index (χ0n) is 11.5. The third kappa shape index (κ3) is 3.74. The number of thiophene rings is 1. The van der Waals surface area contributed by atoms with Gasteiger partial charge in [-0.3, -0.25) is 9.89 Å². The number of amides is 1. The maximum Gasteiger partial charge on any atom is 0.378 e. The second-order valence-corrected chi connectivity index (χ2v) is 6.41. The Morgan fingerprint density at radius 1 is 1.22 bits per heavy atom. The minimum atomic E-state index is -3.69. The Bertz CT molecular complexity index is 790. The highest BCUT2D eigenvalue weighted by molar-refractivity contribution is 8.00. The lowest BCUT2D eigenvalue weighted by molar-refractivity contribution is -0.129. The Labute approximate surface area is 138 Å². The Kier molecular flexibility index (Phi) is 4.39. The molecule has 0 radical (unpaired) electrons. The average molecular weight is 352 g/mol. The summed E-state index contributed by atoms with van der Waals surface area (Å²) in [5, 5.41) is 6.42. The zero-order valence-corrected chi connectivity index (χ0v) is 13.1. The number of H-pyrrole nitrogens is 1. The second kappa shape index (κ2) is 6.47. The lowest BCUT2D eigenvalue weighted by atomic mass is 10.3. The number of rotatable bonds is 5. The summed E-state index contributed by atoms with van der Waals surface area (Å²) >= 11 is 1.40. The van der Waals surface area contributed by atoms with E-state index in [1.54, 1.807) is 24.3 Å². The number of nitrogens with zero attached hydrogens (tertiary/aromatic N) is 2. The molecule has 1 amide bonds. The summed E-state index contributed by atoms with van der Waals surface area (Å²) in [6, 6.07) is 11.7. The van der Waals surface area contributed by atoms with Crippen LogP contribution in [0.2, 0.25) is 0 Å². The molecule has 0 spiro atoms. The SMILES string of the molecule is O=C(Nc1ccccc1)C(F)(F)Sc1n[nH]c(-c2cccs2)n1. The molecule has 0 unspecified atom stereocenters. The van der Waals surface area contributed by atoms with Crippen LogP contribution in [0.1, 0.15) is 0 Å². The molecule has 0 atom stereocenters. The van der Waals surface area contributed by atoms with Crippen LogP contribution in [0.5, 0.6) is 0 Å². The Morgan fingerprint density at radius 2 is 2.00 bits per heavy atom. The number of hydrogen-bond acceptors (Lipinski definition) is 5. The van der Waals surface area contributed by atoms with Gasteiger partial charge in [-0.05, 0) is 23.6 Å². The molecular weight excluding hydrogens is 342 g/mol. The summed E-state index contributed by atoms with van der Waals surface area (Å²) in [6.07, 6.45) is 0. The molecule has 9 heteroatoms. The summed E-state index contributed by atoms with van der Waals surface area (Å²) in [4.78, 5) is 16.5. The summed E-state index contributed by atoms with van der Waals surface area (Å²) < 4.78 is 28.0. The van der Waals surface area contributed by atoms with Gasteiger partial charge in [0.2, 0.25) is 5.16 Å². The number of nitrogens with one attached hydrogen (secondary N) is 2. The third-order valence-corrected chi connectivity index (χ3v) is 4.42. The van der Waals surface area contributed by atoms with Crippen LogP contribution in [0.4, 0.5) is 14.5 Å². The second-order valence-electron chi connectivity index (χ2n) is 4.38. The number of carbonyl (C=O) groups is 1. The Hall–Kier alpha value is -2.26. The first kappa shape index (κ1) is 15.6. The molecule has 3 aromatic rings. The van der Waals surface area contributed by atoms with E-state index >= 15 is 0 Å². The van der Waals surface area contributed by atoms with Gasteiger partial charge in [0.1, 0.15) is 0 Å². The molecule has 2 aromatic heterocycles. The average Bonchev–Trinajstić information content (AvgIpc) is 3.18. The molecule has 2 heterocycles. The highest BCUT2D eigenvalue weighted by atomic mass is 32.2. The predicted molar refractivity (Wildman–Crippen MR) is 85.6 cm³/mol. The third-order valence-electron chi connectivity index (χ3n) is 2.73. The van der Waals surface area contributed by atoms with Crippen molar-refractivity contribution in [1.82, 2.24) is 15.2 Å². The first-order valence-corrected chi connectivity index (χ1v) is 8.14. The molecule has 0 saturated carbocycles. The molecule has 3 rings (SSSR count). The van der Waals surface area contributed by atoms with Crippen LogP contribution in [0.25, 0.3) is 10.7 Å². The van der Waals surface area contributed by atoms with Crippen LogP contribution in [0.3, 0.4) is 0 Å². The van der Waals surface area contributed by atoms with E-state index in [0.29, 0.717) is 11.5 Å². The molecular formula is C14H10F2N4OS2. The fourth-order valence-electron chi connectivity index (χ4n) is 1.70. The van der Waals surface area contributed by atoms with E-state index in [2.05, 4.69) is 20.5 Å². The standard InChI is InChI=1S/C14H10F2N4OS2/c15-14(16,12(21)17-9-5-2-1-3-6-9)23-13-18-11(19-20-13)10-7-4-8-22-10/h1-8H,(H,17,21)(H,18,19,20). The van der Waals surface area contributed by atoms with Gasteiger partial charge in [-0.1, -0.05) is 24.3 Å². The molecule has 5 nitrogen and oxygen atoms in total. The van der Waals surface area contributed by atoms with Crippen molar-refractivity contribution in [2.45, 2.75) is 10.4 Å². The van der Waals surface area contributed by atoms with Crippen molar-refractivity contribution in [3.05, 3.63) is 47.8 Å². The van der Waals surface area contributed by atoms with Crippen LogP contribution in [0.15, 0.2) is 53.0 Å². The lowest BCUT2D eigenvalue weighted by Crippen LogP contribution is -2.31. The van der Waals surface area contributed by atoms with Gasteiger partial charge in [0, 0.05) is 17.4 Å². The van der Waals surface area contributed by atoms with Gasteiger partial charge < -0.3 is 5.32 Å². The normalized spacial score (nSPS) is 11.4. The van der Waals surface area contributed by atoms with E-state index < -0.39 is 11.2 Å². The van der Waals surface area contributed by atoms with Crippen LogP contribution >= 0.6 is 23.1 Å². The molecule has 2 N–H and O–H groups in total. The molecule has 0 saturated heterocycles. The van der Waals surface area contributed by atoms with E-state index in [1.807, 2.05) is 11.4 Å². The van der Waals surface area contributed by atoms with Crippen LogP contribution in [-0.2, 0) is 4.79 Å². The van der Waals surface area contributed by atoms with Crippen LogP contribution in [0, 0.1) is 0 Å². The number of thioether (sulfide) groups is 1. The van der Waals surface area contributed by atoms with Crippen molar-refractivity contribution >= 4 is 34.7 Å². The van der Waals surface area contributed by atoms with E-state index in [1.165, 1.54) is 23.5 Å². The quantitative estimate of drug-likeness (QED) is 0.684. The molecule has 1 aromatic carbocycles. The lowest BCUT2D eigenvalue weighted by Gasteiger charge is -2.13. The number of benzene rings is 1. The van der Waals surface area contributed by atoms with Gasteiger partial charge >= 0.3 is 11.2 Å². The Balaban J connectivity index is 1.69. The van der Waals surface area contributed by atoms with Gasteiger partial charge in [0.15, 0.2) is 5.82 Å². The fourth-order valence-corrected chi connectivity index (χ4v) is 2.97. The molecule has 0 aliphatic heterocycles. The van der Waals surface area contributed by atoms with Crippen LogP contribution in [-0.4, -0.2) is 26.3 Å². The number of anilines is 1. The molecule has 0 aliphatic rings. The van der Waals surface area contributed by atoms with Gasteiger partial charge in [-0.15, -0.1) is 16.4 Å². The van der Waals surface area contributed by atoms with Crippen molar-refractivity contribution < 1.29 is 13.6 Å². The smallest absolute Gasteiger partial charge is 0.320 e. The molecule has 23 heavy (non-hydrogen) atoms. The van der Waals surface area contributed by atoms with Crippen molar-refractivity contribution in [1.29, 1.82) is 0 Å². The molecule has 0 bridgehead atoms. The zero-order chi connectivity index (χ0) is 16.3. The molecule has 0 fully saturated rings. The fraction of sp³-hybridized carbons (Fsp3) is 0.0714. The minimum absolute atomic E-state index is 0.00288. The van der Waals surface area contributed by atoms with Crippen LogP contribution < -0.4 is 5.32 Å². The number of para-hydroxylation sites is 1. The number of aromatic nitrogens is 3. The highest BCUT2D eigenvalue weighted by Crippen LogP contribution is 2.35. The first-order valence-electron chi connectivity index (χ1n) is 6.44. The largest absolute Gasteiger partial charge is 0.378 e. The number of alkyl halides is 2. The molecule has 118 valence electrons. The first-order chi connectivity index (χ1) is 11.0. The number of halogens is 2. The van der Waals surface area contributed by atoms with E-state index in [-0.39, 0.29) is 16.9 Å². The highest BCUT2D eigenvalue weighted by Gasteiger charge is 2.41. The van der Waals surface area contributed by atoms with E-state index in [0.717, 1.165) is 4.88 Å². The van der Waals surface area contributed by atoms with Crippen molar-refractivity contribution in [3.8, 4) is 10.7 Å². The predicted octanol–water partition coefficient (Wildman–Crippen LogP) is 3.86. The van der Waals surface area contributed by atoms with Crippen molar-refractivity contribution in [2.24, 2.45) is 0 Å². The topological polar surface area (TPSA) is 70.7 Å². The monoisotopic (exact) mass is 352 g/mol. The van der Waals surface area contributed by atoms with Gasteiger partial charge in [0.05, 0.1) is 4.88 Å². The number of carbonyl (C=O) groups excluding carboxylic acids is 1. The van der Waals surface area contributed by atoms with Crippen molar-refractivity contribution in [2.75, 3.05) is 5.32 Å². The van der Waals surface area contributed by atoms with Gasteiger partial charge in [-0.2, -0.15) is 8.78 Å². The minimum Gasteiger partial charge on any atom is -0.320 e. The maximum atomic E-state index is 14.0. The van der Waals surface area contributed by atoms with E-state index in [9.17, 15) is 13.6 Å². The van der Waals surface area contributed by atoms with Gasteiger partial charge in [0.25, 0.3) is 0 Å². The summed E-state index contributed by atoms with van der Waals surface area (Å²) in [7, 11) is 0. The van der Waals surface area contributed by atoms with Crippen molar-refractivity contribution in [3.63, 3.8) is 0 Å².